The Kier molecular flexibility index (Phi) is 7.42. The minimum absolute atomic E-state index is 0.117. The molecule has 0 radical (unpaired) electrons. The van der Waals surface area contributed by atoms with Crippen molar-refractivity contribution >= 4 is 39.2 Å². The van der Waals surface area contributed by atoms with Crippen molar-refractivity contribution in [2.75, 3.05) is 38.2 Å². The second-order valence-electron chi connectivity index (χ2n) is 6.58. The number of carbonyl (C=O) groups excluding carboxylic acids is 2. The number of esters is 1. The second kappa shape index (κ2) is 10.1. The van der Waals surface area contributed by atoms with Crippen LogP contribution in [-0.4, -0.2) is 57.5 Å². The van der Waals surface area contributed by atoms with E-state index in [9.17, 15) is 22.4 Å². The Balaban J connectivity index is 1.70. The van der Waals surface area contributed by atoms with Crippen molar-refractivity contribution in [3.63, 3.8) is 0 Å². The fourth-order valence-electron chi connectivity index (χ4n) is 2.87. The number of nitrogens with zero attached hydrogens (tertiary/aromatic N) is 2. The van der Waals surface area contributed by atoms with Crippen LogP contribution in [0.25, 0.3) is 0 Å². The Morgan fingerprint density at radius 2 is 1.94 bits per heavy atom. The van der Waals surface area contributed by atoms with Crippen LogP contribution in [0.2, 0.25) is 5.02 Å². The highest BCUT2D eigenvalue weighted by molar-refractivity contribution is 7.89. The van der Waals surface area contributed by atoms with Crippen LogP contribution in [0.1, 0.15) is 15.9 Å². The summed E-state index contributed by atoms with van der Waals surface area (Å²) in [6.45, 7) is -0.0764. The molecule has 32 heavy (non-hydrogen) atoms. The highest BCUT2D eigenvalue weighted by Gasteiger charge is 2.28. The lowest BCUT2D eigenvalue weighted by Crippen LogP contribution is -2.40. The molecule has 2 aromatic carbocycles. The van der Waals surface area contributed by atoms with E-state index in [4.69, 9.17) is 26.3 Å². The molecule has 3 rings (SSSR count). The molecule has 1 heterocycles. The standard InChI is InChI=1S/C20H17ClFN3O6S/c21-14-2-1-13(11-23)18(9-14)24-19(26)12-31-20(27)16-10-15(3-4-17(16)22)32(28,29)25-5-7-30-8-6-25/h1-4,9-10H,5-8,12H2,(H,24,26). The third kappa shape index (κ3) is 5.41. The number of rotatable bonds is 6. The maximum atomic E-state index is 14.2. The molecule has 1 saturated heterocycles. The molecule has 0 bridgehead atoms. The van der Waals surface area contributed by atoms with Crippen LogP contribution in [0.4, 0.5) is 10.1 Å². The van der Waals surface area contributed by atoms with Gasteiger partial charge in [0, 0.05) is 18.1 Å². The zero-order valence-electron chi connectivity index (χ0n) is 16.5. The van der Waals surface area contributed by atoms with Crippen LogP contribution in [0.3, 0.4) is 0 Å². The molecular formula is C20H17ClFN3O6S. The van der Waals surface area contributed by atoms with E-state index in [0.717, 1.165) is 18.2 Å². The van der Waals surface area contributed by atoms with Gasteiger partial charge in [0.25, 0.3) is 5.91 Å². The smallest absolute Gasteiger partial charge is 0.341 e. The quantitative estimate of drug-likeness (QED) is 0.626. The molecule has 168 valence electrons. The topological polar surface area (TPSA) is 126 Å². The maximum Gasteiger partial charge on any atom is 0.341 e. The van der Waals surface area contributed by atoms with E-state index in [1.807, 2.05) is 6.07 Å². The summed E-state index contributed by atoms with van der Waals surface area (Å²) < 4.78 is 50.8. The van der Waals surface area contributed by atoms with Gasteiger partial charge in [0.05, 0.1) is 34.9 Å². The fraction of sp³-hybridized carbons (Fsp3) is 0.250. The van der Waals surface area contributed by atoms with Gasteiger partial charge in [0.1, 0.15) is 11.9 Å². The Hall–Kier alpha value is -3.04. The third-order valence-electron chi connectivity index (χ3n) is 4.48. The molecule has 12 heteroatoms. The molecular weight excluding hydrogens is 465 g/mol. The molecule has 0 spiro atoms. The van der Waals surface area contributed by atoms with Gasteiger partial charge in [-0.1, -0.05) is 11.6 Å². The number of halogens is 2. The predicted molar refractivity (Wildman–Crippen MR) is 111 cm³/mol. The Morgan fingerprint density at radius 1 is 1.22 bits per heavy atom. The van der Waals surface area contributed by atoms with E-state index in [2.05, 4.69) is 5.32 Å². The molecule has 1 fully saturated rings. The second-order valence-corrected chi connectivity index (χ2v) is 8.96. The van der Waals surface area contributed by atoms with Gasteiger partial charge in [-0.2, -0.15) is 9.57 Å². The molecule has 0 aromatic heterocycles. The average molecular weight is 482 g/mol. The van der Waals surface area contributed by atoms with Crippen LogP contribution < -0.4 is 5.32 Å². The summed E-state index contributed by atoms with van der Waals surface area (Å²) in [6, 6.07) is 8.85. The number of nitrogens with one attached hydrogen (secondary N) is 1. The highest BCUT2D eigenvalue weighted by atomic mass is 35.5. The zero-order valence-corrected chi connectivity index (χ0v) is 18.1. The van der Waals surface area contributed by atoms with Gasteiger partial charge in [0.15, 0.2) is 6.61 Å². The van der Waals surface area contributed by atoms with Gasteiger partial charge in [-0.3, -0.25) is 4.79 Å². The summed E-state index contributed by atoms with van der Waals surface area (Å²) in [6.07, 6.45) is 0. The maximum absolute atomic E-state index is 14.2. The molecule has 1 N–H and O–H groups in total. The summed E-state index contributed by atoms with van der Waals surface area (Å²) in [5.74, 6) is -3.02. The van der Waals surface area contributed by atoms with Crippen molar-refractivity contribution in [1.29, 1.82) is 5.26 Å². The number of ether oxygens (including phenoxy) is 2. The number of morpholine rings is 1. The fourth-order valence-corrected chi connectivity index (χ4v) is 4.48. The van der Waals surface area contributed by atoms with E-state index in [-0.39, 0.29) is 47.5 Å². The summed E-state index contributed by atoms with van der Waals surface area (Å²) >= 11 is 5.84. The van der Waals surface area contributed by atoms with Crippen molar-refractivity contribution < 1.29 is 31.9 Å². The van der Waals surface area contributed by atoms with Gasteiger partial charge < -0.3 is 14.8 Å². The molecule has 0 saturated carbocycles. The van der Waals surface area contributed by atoms with Crippen molar-refractivity contribution in [2.45, 2.75) is 4.90 Å². The number of nitriles is 1. The van der Waals surface area contributed by atoms with Crippen LogP contribution in [0.15, 0.2) is 41.3 Å². The highest BCUT2D eigenvalue weighted by Crippen LogP contribution is 2.22. The van der Waals surface area contributed by atoms with Crippen molar-refractivity contribution in [2.24, 2.45) is 0 Å². The first-order valence-corrected chi connectivity index (χ1v) is 11.1. The SMILES string of the molecule is N#Cc1ccc(Cl)cc1NC(=O)COC(=O)c1cc(S(=O)(=O)N2CCOCC2)ccc1F. The van der Waals surface area contributed by atoms with Crippen molar-refractivity contribution in [3.05, 3.63) is 58.4 Å². The minimum atomic E-state index is -3.96. The molecule has 0 atom stereocenters. The number of anilines is 1. The lowest BCUT2D eigenvalue weighted by Gasteiger charge is -2.26. The summed E-state index contributed by atoms with van der Waals surface area (Å²) in [4.78, 5) is 24.1. The number of hydrogen-bond donors (Lipinski definition) is 1. The number of amides is 1. The van der Waals surface area contributed by atoms with Crippen LogP contribution in [-0.2, 0) is 24.3 Å². The molecule has 2 aromatic rings. The molecule has 1 aliphatic heterocycles. The van der Waals surface area contributed by atoms with E-state index >= 15 is 0 Å². The van der Waals surface area contributed by atoms with Gasteiger partial charge >= 0.3 is 5.97 Å². The van der Waals surface area contributed by atoms with E-state index in [1.165, 1.54) is 22.5 Å². The first kappa shape index (κ1) is 23.6. The third-order valence-corrected chi connectivity index (χ3v) is 6.61. The Bertz CT molecular complexity index is 1190. The number of carbonyl (C=O) groups is 2. The first-order valence-electron chi connectivity index (χ1n) is 9.26. The normalized spacial score (nSPS) is 14.4. The molecule has 9 nitrogen and oxygen atoms in total. The molecule has 1 aliphatic rings. The lowest BCUT2D eigenvalue weighted by molar-refractivity contribution is -0.119. The van der Waals surface area contributed by atoms with Crippen LogP contribution >= 0.6 is 11.6 Å². The average Bonchev–Trinajstić information content (AvgIpc) is 2.78. The predicted octanol–water partition coefficient (Wildman–Crippen LogP) is 2.17. The monoisotopic (exact) mass is 481 g/mol. The van der Waals surface area contributed by atoms with Gasteiger partial charge in [-0.05, 0) is 36.4 Å². The minimum Gasteiger partial charge on any atom is -0.452 e. The van der Waals surface area contributed by atoms with Crippen LogP contribution in [0.5, 0.6) is 0 Å². The van der Waals surface area contributed by atoms with E-state index in [1.54, 1.807) is 0 Å². The summed E-state index contributed by atoms with van der Waals surface area (Å²) in [5, 5.41) is 11.7. The van der Waals surface area contributed by atoms with Gasteiger partial charge in [0.2, 0.25) is 10.0 Å². The molecule has 1 amide bonds. The largest absolute Gasteiger partial charge is 0.452 e. The summed E-state index contributed by atoms with van der Waals surface area (Å²) in [5.41, 5.74) is -0.375. The van der Waals surface area contributed by atoms with Crippen LogP contribution in [0, 0.1) is 17.1 Å². The number of hydrogen-bond acceptors (Lipinski definition) is 7. The molecule has 0 aliphatic carbocycles. The number of benzene rings is 2. The first-order chi connectivity index (χ1) is 15.2. The van der Waals surface area contributed by atoms with Gasteiger partial charge in [-0.15, -0.1) is 0 Å². The zero-order chi connectivity index (χ0) is 23.3. The molecule has 0 unspecified atom stereocenters. The van der Waals surface area contributed by atoms with Crippen molar-refractivity contribution in [3.8, 4) is 6.07 Å². The number of sulfonamides is 1. The lowest BCUT2D eigenvalue weighted by atomic mass is 10.2. The summed E-state index contributed by atoms with van der Waals surface area (Å²) in [7, 11) is -3.96. The Labute approximate surface area is 188 Å². The Morgan fingerprint density at radius 3 is 2.62 bits per heavy atom. The van der Waals surface area contributed by atoms with Gasteiger partial charge in [-0.25, -0.2) is 17.6 Å². The van der Waals surface area contributed by atoms with E-state index < -0.39 is 39.9 Å². The van der Waals surface area contributed by atoms with E-state index in [0.29, 0.717) is 0 Å². The van der Waals surface area contributed by atoms with Crippen molar-refractivity contribution in [1.82, 2.24) is 4.31 Å².